The molecule has 15 heavy (non-hydrogen) atoms. The quantitative estimate of drug-likeness (QED) is 0.514. The van der Waals surface area contributed by atoms with Crippen molar-refractivity contribution >= 4 is 14.0 Å². The van der Waals surface area contributed by atoms with Crippen LogP contribution in [0.3, 0.4) is 0 Å². The minimum Gasteiger partial charge on any atom is -0.466 e. The van der Waals surface area contributed by atoms with E-state index in [1.54, 1.807) is 0 Å². The fourth-order valence-corrected chi connectivity index (χ4v) is 7.73. The highest BCUT2D eigenvalue weighted by molar-refractivity contribution is 6.82. The second-order valence-electron chi connectivity index (χ2n) is 4.62. The number of carbonyl (C=O) groups excluding carboxylic acids is 1. The molecule has 1 aliphatic rings. The van der Waals surface area contributed by atoms with Crippen molar-refractivity contribution in [3.8, 4) is 0 Å². The van der Waals surface area contributed by atoms with Crippen molar-refractivity contribution in [2.24, 2.45) is 5.92 Å². The molecule has 0 N–H and O–H groups in total. The Hall–Kier alpha value is -0.313. The standard InChI is InChI=1S/C12H24O2Si/c1-5-14-12(13)10-9-11(10)15(6-2,7-3)8-4/h10-11H,5-9H2,1-4H3/t10-,11+/m1/s1. The molecule has 0 aromatic rings. The van der Waals surface area contributed by atoms with E-state index in [9.17, 15) is 4.79 Å². The van der Waals surface area contributed by atoms with Gasteiger partial charge >= 0.3 is 5.97 Å². The van der Waals surface area contributed by atoms with Gasteiger partial charge in [0, 0.05) is 0 Å². The van der Waals surface area contributed by atoms with Crippen molar-refractivity contribution < 1.29 is 9.53 Å². The lowest BCUT2D eigenvalue weighted by Crippen LogP contribution is -2.33. The molecule has 0 bridgehead atoms. The molecule has 0 aromatic carbocycles. The largest absolute Gasteiger partial charge is 0.466 e. The molecular formula is C12H24O2Si. The van der Waals surface area contributed by atoms with Gasteiger partial charge in [0.15, 0.2) is 0 Å². The number of esters is 1. The van der Waals surface area contributed by atoms with Crippen LogP contribution in [0.25, 0.3) is 0 Å². The van der Waals surface area contributed by atoms with E-state index in [1.165, 1.54) is 18.1 Å². The monoisotopic (exact) mass is 228 g/mol. The molecule has 0 heterocycles. The molecule has 88 valence electrons. The predicted molar refractivity (Wildman–Crippen MR) is 65.7 cm³/mol. The van der Waals surface area contributed by atoms with Crippen LogP contribution in [0.4, 0.5) is 0 Å². The number of ether oxygens (including phenoxy) is 1. The molecule has 0 aromatic heterocycles. The minimum atomic E-state index is -1.14. The molecule has 1 fully saturated rings. The smallest absolute Gasteiger partial charge is 0.308 e. The summed E-state index contributed by atoms with van der Waals surface area (Å²) in [4.78, 5) is 11.6. The molecule has 0 radical (unpaired) electrons. The lowest BCUT2D eigenvalue weighted by atomic mass is 10.4. The fourth-order valence-electron chi connectivity index (χ4n) is 2.92. The van der Waals surface area contributed by atoms with E-state index in [0.29, 0.717) is 6.61 Å². The van der Waals surface area contributed by atoms with Crippen molar-refractivity contribution in [2.75, 3.05) is 6.61 Å². The third kappa shape index (κ3) is 2.44. The van der Waals surface area contributed by atoms with Gasteiger partial charge in [-0.25, -0.2) is 0 Å². The van der Waals surface area contributed by atoms with E-state index in [4.69, 9.17) is 4.74 Å². The van der Waals surface area contributed by atoms with Gasteiger partial charge in [0.05, 0.1) is 20.6 Å². The molecule has 0 saturated heterocycles. The van der Waals surface area contributed by atoms with Crippen LogP contribution in [0.15, 0.2) is 0 Å². The van der Waals surface area contributed by atoms with Crippen LogP contribution in [-0.4, -0.2) is 20.7 Å². The van der Waals surface area contributed by atoms with Crippen molar-refractivity contribution in [1.82, 2.24) is 0 Å². The Balaban J connectivity index is 2.57. The molecule has 0 spiro atoms. The molecule has 2 nitrogen and oxygen atoms in total. The first kappa shape index (κ1) is 12.8. The fraction of sp³-hybridized carbons (Fsp3) is 0.917. The lowest BCUT2D eigenvalue weighted by Gasteiger charge is -2.28. The van der Waals surface area contributed by atoms with Gasteiger partial charge in [-0.15, -0.1) is 0 Å². The van der Waals surface area contributed by atoms with Gasteiger partial charge in [-0.1, -0.05) is 38.9 Å². The Kier molecular flexibility index (Phi) is 4.38. The molecule has 0 amide bonds. The molecule has 0 aliphatic heterocycles. The summed E-state index contributed by atoms with van der Waals surface area (Å²) in [5.74, 6) is 0.325. The van der Waals surface area contributed by atoms with Gasteiger partial charge < -0.3 is 4.74 Å². The van der Waals surface area contributed by atoms with Crippen LogP contribution in [0.5, 0.6) is 0 Å². The maximum atomic E-state index is 11.6. The zero-order chi connectivity index (χ0) is 11.5. The van der Waals surface area contributed by atoms with E-state index in [2.05, 4.69) is 20.8 Å². The minimum absolute atomic E-state index is 0.0646. The van der Waals surface area contributed by atoms with E-state index < -0.39 is 8.07 Å². The van der Waals surface area contributed by atoms with Gasteiger partial charge in [-0.05, 0) is 18.9 Å². The first-order valence-corrected chi connectivity index (χ1v) is 9.01. The Morgan fingerprint density at radius 1 is 1.20 bits per heavy atom. The molecule has 3 heteroatoms. The van der Waals surface area contributed by atoms with Gasteiger partial charge in [0.2, 0.25) is 0 Å². The molecule has 1 aliphatic carbocycles. The Morgan fingerprint density at radius 2 is 1.73 bits per heavy atom. The molecule has 1 rings (SSSR count). The van der Waals surface area contributed by atoms with E-state index in [1.807, 2.05) is 6.92 Å². The van der Waals surface area contributed by atoms with Crippen LogP contribution < -0.4 is 0 Å². The Morgan fingerprint density at radius 3 is 2.13 bits per heavy atom. The van der Waals surface area contributed by atoms with Gasteiger partial charge in [-0.2, -0.15) is 0 Å². The average Bonchev–Trinajstić information content (AvgIpc) is 3.03. The van der Waals surface area contributed by atoms with Crippen molar-refractivity contribution in [3.05, 3.63) is 0 Å². The Bertz CT molecular complexity index is 215. The zero-order valence-electron chi connectivity index (χ0n) is 10.5. The third-order valence-corrected chi connectivity index (χ3v) is 10.7. The second-order valence-corrected chi connectivity index (χ2v) is 10.2. The summed E-state index contributed by atoms with van der Waals surface area (Å²) < 4.78 is 5.11. The van der Waals surface area contributed by atoms with Crippen molar-refractivity contribution in [3.63, 3.8) is 0 Å². The van der Waals surface area contributed by atoms with Crippen LogP contribution in [-0.2, 0) is 9.53 Å². The molecule has 2 atom stereocenters. The number of hydrogen-bond donors (Lipinski definition) is 0. The average molecular weight is 228 g/mol. The SMILES string of the molecule is CCOC(=O)[C@@H]1C[C@@H]1[Si](CC)(CC)CC. The molecule has 0 unspecified atom stereocenters. The summed E-state index contributed by atoms with van der Waals surface area (Å²) in [6.07, 6.45) is 1.11. The van der Waals surface area contributed by atoms with Gasteiger partial charge in [0.25, 0.3) is 0 Å². The van der Waals surface area contributed by atoms with Crippen LogP contribution in [0.1, 0.15) is 34.1 Å². The summed E-state index contributed by atoms with van der Waals surface area (Å²) in [6.45, 7) is 9.33. The summed E-state index contributed by atoms with van der Waals surface area (Å²) in [5, 5.41) is 0. The van der Waals surface area contributed by atoms with Crippen LogP contribution in [0.2, 0.25) is 23.7 Å². The third-order valence-electron chi connectivity index (χ3n) is 4.28. The predicted octanol–water partition coefficient (Wildman–Crippen LogP) is 3.45. The topological polar surface area (TPSA) is 26.3 Å². The zero-order valence-corrected chi connectivity index (χ0v) is 11.5. The summed E-state index contributed by atoms with van der Waals surface area (Å²) in [5.41, 5.74) is 0.719. The second kappa shape index (κ2) is 5.15. The van der Waals surface area contributed by atoms with Crippen LogP contribution >= 0.6 is 0 Å². The number of rotatable bonds is 6. The highest BCUT2D eigenvalue weighted by Gasteiger charge is 2.54. The van der Waals surface area contributed by atoms with Gasteiger partial charge in [0.1, 0.15) is 0 Å². The Labute approximate surface area is 94.4 Å². The number of carbonyl (C=O) groups is 1. The maximum absolute atomic E-state index is 11.6. The van der Waals surface area contributed by atoms with Crippen molar-refractivity contribution in [2.45, 2.75) is 57.8 Å². The summed E-state index contributed by atoms with van der Waals surface area (Å²) in [6, 6.07) is 3.96. The first-order chi connectivity index (χ1) is 7.15. The molecular weight excluding hydrogens is 204 g/mol. The van der Waals surface area contributed by atoms with E-state index in [0.717, 1.165) is 12.0 Å². The lowest BCUT2D eigenvalue weighted by molar-refractivity contribution is -0.144. The summed E-state index contributed by atoms with van der Waals surface area (Å²) in [7, 11) is -1.14. The van der Waals surface area contributed by atoms with E-state index >= 15 is 0 Å². The normalized spacial score (nSPS) is 25.1. The molecule has 1 saturated carbocycles. The first-order valence-electron chi connectivity index (χ1n) is 6.31. The maximum Gasteiger partial charge on any atom is 0.308 e. The van der Waals surface area contributed by atoms with Gasteiger partial charge in [-0.3, -0.25) is 4.79 Å². The van der Waals surface area contributed by atoms with E-state index in [-0.39, 0.29) is 11.9 Å². The highest BCUT2D eigenvalue weighted by atomic mass is 28.3. The summed E-state index contributed by atoms with van der Waals surface area (Å²) >= 11 is 0. The highest BCUT2D eigenvalue weighted by Crippen LogP contribution is 2.56. The number of hydrogen-bond acceptors (Lipinski definition) is 2. The van der Waals surface area contributed by atoms with Crippen LogP contribution in [0, 0.1) is 5.92 Å². The van der Waals surface area contributed by atoms with Crippen molar-refractivity contribution in [1.29, 1.82) is 0 Å².